The van der Waals surface area contributed by atoms with Gasteiger partial charge in [0, 0.05) is 17.8 Å². The fraction of sp³-hybridized carbons (Fsp3) is 1.00. The first-order chi connectivity index (χ1) is 6.93. The predicted molar refractivity (Wildman–Crippen MR) is 62.7 cm³/mol. The van der Waals surface area contributed by atoms with Gasteiger partial charge in [0.15, 0.2) is 0 Å². The quantitative estimate of drug-likeness (QED) is 0.770. The number of fused-ring (bicyclic) bond motifs is 1. The van der Waals surface area contributed by atoms with Gasteiger partial charge in [-0.1, -0.05) is 12.8 Å². The Morgan fingerprint density at radius 2 is 2.14 bits per heavy atom. The van der Waals surface area contributed by atoms with Crippen LogP contribution in [-0.2, 0) is 0 Å². The molecule has 1 saturated heterocycles. The largest absolute Gasteiger partial charge is 0.313 e. The fourth-order valence-corrected chi connectivity index (χ4v) is 4.47. The summed E-state index contributed by atoms with van der Waals surface area (Å²) in [6, 6.07) is 0.898. The second-order valence-electron chi connectivity index (χ2n) is 5.24. The molecule has 0 radical (unpaired) electrons. The van der Waals surface area contributed by atoms with Crippen LogP contribution in [0.2, 0.25) is 0 Å². The van der Waals surface area contributed by atoms with Gasteiger partial charge in [-0.2, -0.15) is 11.8 Å². The Bertz CT molecular complexity index is 200. The van der Waals surface area contributed by atoms with Crippen LogP contribution in [0.15, 0.2) is 0 Å². The smallest absolute Gasteiger partial charge is 0.0172 e. The number of thioether (sulfide) groups is 1. The topological polar surface area (TPSA) is 12.0 Å². The zero-order valence-electron chi connectivity index (χ0n) is 8.87. The van der Waals surface area contributed by atoms with Crippen LogP contribution in [0.5, 0.6) is 0 Å². The molecule has 2 saturated carbocycles. The van der Waals surface area contributed by atoms with Crippen LogP contribution in [0.1, 0.15) is 38.5 Å². The lowest BCUT2D eigenvalue weighted by Crippen LogP contribution is -2.37. The van der Waals surface area contributed by atoms with Crippen LogP contribution in [0.4, 0.5) is 0 Å². The number of rotatable bonds is 3. The summed E-state index contributed by atoms with van der Waals surface area (Å²) in [5.74, 6) is 3.61. The van der Waals surface area contributed by atoms with E-state index in [4.69, 9.17) is 0 Å². The summed E-state index contributed by atoms with van der Waals surface area (Å²) < 4.78 is 0. The molecule has 1 aliphatic heterocycles. The van der Waals surface area contributed by atoms with Crippen molar-refractivity contribution in [3.8, 4) is 0 Å². The van der Waals surface area contributed by atoms with Gasteiger partial charge in [0.1, 0.15) is 0 Å². The first-order valence-corrected chi connectivity index (χ1v) is 7.33. The zero-order chi connectivity index (χ0) is 9.38. The van der Waals surface area contributed by atoms with Gasteiger partial charge in [-0.25, -0.2) is 0 Å². The highest BCUT2D eigenvalue weighted by atomic mass is 32.2. The molecule has 2 heteroatoms. The molecule has 80 valence electrons. The van der Waals surface area contributed by atoms with E-state index in [1.165, 1.54) is 50.8 Å². The highest BCUT2D eigenvalue weighted by molar-refractivity contribution is 8.00. The molecule has 2 unspecified atom stereocenters. The van der Waals surface area contributed by atoms with Gasteiger partial charge in [-0.05, 0) is 43.3 Å². The third-order valence-corrected chi connectivity index (χ3v) is 5.61. The summed E-state index contributed by atoms with van der Waals surface area (Å²) in [6.45, 7) is 1.29. The molecule has 14 heavy (non-hydrogen) atoms. The van der Waals surface area contributed by atoms with Gasteiger partial charge in [-0.15, -0.1) is 0 Å². The van der Waals surface area contributed by atoms with Crippen molar-refractivity contribution in [2.75, 3.05) is 12.3 Å². The van der Waals surface area contributed by atoms with Crippen LogP contribution in [0, 0.1) is 11.8 Å². The molecule has 3 rings (SSSR count). The minimum atomic E-state index is 0.898. The van der Waals surface area contributed by atoms with E-state index in [1.807, 2.05) is 0 Å². The minimum Gasteiger partial charge on any atom is -0.313 e. The van der Waals surface area contributed by atoms with E-state index in [0.29, 0.717) is 0 Å². The Labute approximate surface area is 91.4 Å². The highest BCUT2D eigenvalue weighted by Gasteiger charge is 2.44. The lowest BCUT2D eigenvalue weighted by Gasteiger charge is -2.24. The molecule has 0 aromatic carbocycles. The molecule has 0 amide bonds. The van der Waals surface area contributed by atoms with Crippen LogP contribution in [-0.4, -0.2) is 23.6 Å². The van der Waals surface area contributed by atoms with Crippen molar-refractivity contribution in [2.45, 2.75) is 49.8 Å². The fourth-order valence-electron chi connectivity index (χ4n) is 3.25. The molecular formula is C12H21NS. The SMILES string of the molecule is C1CSC(CNC2CCC[C@@H]3C[C@H]23)C1. The molecule has 3 fully saturated rings. The number of hydrogen-bond acceptors (Lipinski definition) is 2. The van der Waals surface area contributed by atoms with Gasteiger partial charge < -0.3 is 5.32 Å². The second-order valence-corrected chi connectivity index (χ2v) is 6.65. The van der Waals surface area contributed by atoms with Crippen molar-refractivity contribution in [3.05, 3.63) is 0 Å². The molecule has 3 aliphatic rings. The summed E-state index contributed by atoms with van der Waals surface area (Å²) in [7, 11) is 0. The third-order valence-electron chi connectivity index (χ3n) is 4.22. The van der Waals surface area contributed by atoms with E-state index in [-0.39, 0.29) is 0 Å². The lowest BCUT2D eigenvalue weighted by molar-refractivity contribution is 0.354. The molecule has 1 nitrogen and oxygen atoms in total. The van der Waals surface area contributed by atoms with Gasteiger partial charge in [0.2, 0.25) is 0 Å². The number of nitrogens with one attached hydrogen (secondary N) is 1. The molecular weight excluding hydrogens is 190 g/mol. The van der Waals surface area contributed by atoms with Crippen molar-refractivity contribution in [3.63, 3.8) is 0 Å². The Kier molecular flexibility index (Phi) is 2.76. The lowest BCUT2D eigenvalue weighted by atomic mass is 9.95. The molecule has 0 bridgehead atoms. The summed E-state index contributed by atoms with van der Waals surface area (Å²) in [5, 5.41) is 4.77. The maximum absolute atomic E-state index is 3.83. The molecule has 1 heterocycles. The molecule has 0 spiro atoms. The third kappa shape index (κ3) is 1.96. The molecule has 0 aromatic rings. The Morgan fingerprint density at radius 1 is 1.14 bits per heavy atom. The predicted octanol–water partition coefficient (Wildman–Crippen LogP) is 2.66. The van der Waals surface area contributed by atoms with Gasteiger partial charge in [-0.3, -0.25) is 0 Å². The van der Waals surface area contributed by atoms with Crippen LogP contribution >= 0.6 is 11.8 Å². The Balaban J connectivity index is 1.43. The monoisotopic (exact) mass is 211 g/mol. The van der Waals surface area contributed by atoms with E-state index in [0.717, 1.165) is 23.1 Å². The van der Waals surface area contributed by atoms with Crippen molar-refractivity contribution in [2.24, 2.45) is 11.8 Å². The average molecular weight is 211 g/mol. The van der Waals surface area contributed by atoms with E-state index in [2.05, 4.69) is 17.1 Å². The van der Waals surface area contributed by atoms with Gasteiger partial charge >= 0.3 is 0 Å². The van der Waals surface area contributed by atoms with E-state index in [1.54, 1.807) is 0 Å². The van der Waals surface area contributed by atoms with Gasteiger partial charge in [0.25, 0.3) is 0 Å². The summed E-state index contributed by atoms with van der Waals surface area (Å²) in [6.07, 6.45) is 8.91. The number of hydrogen-bond donors (Lipinski definition) is 1. The van der Waals surface area contributed by atoms with Crippen molar-refractivity contribution < 1.29 is 0 Å². The van der Waals surface area contributed by atoms with Crippen molar-refractivity contribution in [1.82, 2.24) is 5.32 Å². The molecule has 4 atom stereocenters. The average Bonchev–Trinajstić information content (AvgIpc) is 2.83. The summed E-state index contributed by atoms with van der Waals surface area (Å²) in [5.41, 5.74) is 0. The zero-order valence-corrected chi connectivity index (χ0v) is 9.69. The first kappa shape index (κ1) is 9.53. The Hall–Kier alpha value is 0.310. The normalized spacial score (nSPS) is 46.3. The van der Waals surface area contributed by atoms with E-state index in [9.17, 15) is 0 Å². The molecule has 0 aromatic heterocycles. The molecule has 1 N–H and O–H groups in total. The van der Waals surface area contributed by atoms with Crippen molar-refractivity contribution in [1.29, 1.82) is 0 Å². The molecule has 2 aliphatic carbocycles. The first-order valence-electron chi connectivity index (χ1n) is 6.28. The van der Waals surface area contributed by atoms with Crippen LogP contribution in [0.25, 0.3) is 0 Å². The minimum absolute atomic E-state index is 0.898. The van der Waals surface area contributed by atoms with Crippen LogP contribution in [0.3, 0.4) is 0 Å². The Morgan fingerprint density at radius 3 is 3.00 bits per heavy atom. The maximum Gasteiger partial charge on any atom is 0.0172 e. The van der Waals surface area contributed by atoms with E-state index >= 15 is 0 Å². The standard InChI is InChI=1S/C12H21NS/c1-3-9-7-11(9)12(5-1)13-8-10-4-2-6-14-10/h9-13H,1-8H2/t9-,10?,11+,12?/m1/s1. The highest BCUT2D eigenvalue weighted by Crippen LogP contribution is 2.49. The second kappa shape index (κ2) is 4.05. The summed E-state index contributed by atoms with van der Waals surface area (Å²) >= 11 is 2.18. The summed E-state index contributed by atoms with van der Waals surface area (Å²) in [4.78, 5) is 0. The van der Waals surface area contributed by atoms with Crippen LogP contribution < -0.4 is 5.32 Å². The van der Waals surface area contributed by atoms with E-state index < -0.39 is 0 Å². The van der Waals surface area contributed by atoms with Crippen molar-refractivity contribution >= 4 is 11.8 Å². The maximum atomic E-state index is 3.83. The van der Waals surface area contributed by atoms with Gasteiger partial charge in [0.05, 0.1) is 0 Å².